The monoisotopic (exact) mass is 284 g/mol. The number of likely N-dealkylation sites (N-methyl/N-ethyl adjacent to an activating group) is 1. The number of nitrogens with zero attached hydrogens (tertiary/aromatic N) is 1. The van der Waals surface area contributed by atoms with E-state index in [-0.39, 0.29) is 17.7 Å². The highest BCUT2D eigenvalue weighted by atomic mass is 32.2. The molecule has 0 fully saturated rings. The van der Waals surface area contributed by atoms with Crippen LogP contribution in [0.15, 0.2) is 30.3 Å². The van der Waals surface area contributed by atoms with Crippen LogP contribution in [0.3, 0.4) is 0 Å². The van der Waals surface area contributed by atoms with Crippen molar-refractivity contribution in [1.29, 1.82) is 0 Å². The SMILES string of the molecule is CC(c1ccccc1)C(CN)N(C)CCS(C)(=O)=O. The molecule has 0 aliphatic carbocycles. The van der Waals surface area contributed by atoms with Gasteiger partial charge in [-0.25, -0.2) is 8.42 Å². The van der Waals surface area contributed by atoms with E-state index in [2.05, 4.69) is 19.1 Å². The van der Waals surface area contributed by atoms with Crippen molar-refractivity contribution in [3.8, 4) is 0 Å². The normalized spacial score (nSPS) is 15.4. The Labute approximate surface area is 116 Å². The highest BCUT2D eigenvalue weighted by Gasteiger charge is 2.22. The summed E-state index contributed by atoms with van der Waals surface area (Å²) < 4.78 is 22.5. The molecular weight excluding hydrogens is 260 g/mol. The molecule has 0 bridgehead atoms. The fourth-order valence-corrected chi connectivity index (χ4v) is 2.84. The second-order valence-corrected chi connectivity index (χ2v) is 7.37. The van der Waals surface area contributed by atoms with Gasteiger partial charge in [0.1, 0.15) is 9.84 Å². The summed E-state index contributed by atoms with van der Waals surface area (Å²) in [6.07, 6.45) is 1.26. The molecule has 1 aromatic rings. The van der Waals surface area contributed by atoms with E-state index in [1.807, 2.05) is 30.1 Å². The smallest absolute Gasteiger partial charge is 0.148 e. The Balaban J connectivity index is 2.71. The number of hydrogen-bond donors (Lipinski definition) is 1. The quantitative estimate of drug-likeness (QED) is 0.814. The molecule has 0 spiro atoms. The zero-order valence-electron chi connectivity index (χ0n) is 11.9. The Bertz CT molecular complexity index is 473. The van der Waals surface area contributed by atoms with Gasteiger partial charge in [-0.3, -0.25) is 0 Å². The van der Waals surface area contributed by atoms with Crippen LogP contribution in [-0.2, 0) is 9.84 Å². The summed E-state index contributed by atoms with van der Waals surface area (Å²) in [4.78, 5) is 2.04. The van der Waals surface area contributed by atoms with E-state index in [0.29, 0.717) is 13.1 Å². The molecule has 2 atom stereocenters. The van der Waals surface area contributed by atoms with E-state index < -0.39 is 9.84 Å². The summed E-state index contributed by atoms with van der Waals surface area (Å²) in [7, 11) is -1.00. The highest BCUT2D eigenvalue weighted by Crippen LogP contribution is 2.21. The number of hydrogen-bond acceptors (Lipinski definition) is 4. The molecule has 0 heterocycles. The van der Waals surface area contributed by atoms with E-state index in [1.165, 1.54) is 11.8 Å². The molecule has 19 heavy (non-hydrogen) atoms. The Hall–Kier alpha value is -0.910. The average molecular weight is 284 g/mol. The molecule has 1 rings (SSSR count). The Morgan fingerprint density at radius 3 is 2.32 bits per heavy atom. The van der Waals surface area contributed by atoms with Crippen LogP contribution in [0.4, 0.5) is 0 Å². The zero-order chi connectivity index (χ0) is 14.5. The predicted molar refractivity (Wildman–Crippen MR) is 80.0 cm³/mol. The predicted octanol–water partition coefficient (Wildman–Crippen LogP) is 1.09. The van der Waals surface area contributed by atoms with Crippen molar-refractivity contribution in [3.05, 3.63) is 35.9 Å². The molecule has 1 aromatic carbocycles. The molecule has 2 unspecified atom stereocenters. The lowest BCUT2D eigenvalue weighted by atomic mass is 9.92. The number of nitrogens with two attached hydrogens (primary N) is 1. The molecule has 4 nitrogen and oxygen atoms in total. The molecule has 108 valence electrons. The molecule has 0 aliphatic heterocycles. The van der Waals surface area contributed by atoms with Crippen molar-refractivity contribution in [2.45, 2.75) is 18.9 Å². The minimum absolute atomic E-state index is 0.143. The van der Waals surface area contributed by atoms with Gasteiger partial charge >= 0.3 is 0 Å². The number of benzene rings is 1. The third kappa shape index (κ3) is 5.30. The topological polar surface area (TPSA) is 63.4 Å². The summed E-state index contributed by atoms with van der Waals surface area (Å²) in [5.74, 6) is 0.442. The van der Waals surface area contributed by atoms with Gasteiger partial charge in [-0.1, -0.05) is 37.3 Å². The van der Waals surface area contributed by atoms with Gasteiger partial charge in [-0.2, -0.15) is 0 Å². The fourth-order valence-electron chi connectivity index (χ4n) is 2.22. The lowest BCUT2D eigenvalue weighted by Crippen LogP contribution is -2.43. The molecule has 0 saturated carbocycles. The van der Waals surface area contributed by atoms with Crippen LogP contribution in [0.2, 0.25) is 0 Å². The first-order valence-electron chi connectivity index (χ1n) is 6.48. The first-order valence-corrected chi connectivity index (χ1v) is 8.54. The van der Waals surface area contributed by atoms with Gasteiger partial charge in [0.25, 0.3) is 0 Å². The summed E-state index contributed by atoms with van der Waals surface area (Å²) in [5.41, 5.74) is 7.09. The molecule has 2 N–H and O–H groups in total. The van der Waals surface area contributed by atoms with Gasteiger partial charge in [0.15, 0.2) is 0 Å². The van der Waals surface area contributed by atoms with Crippen molar-refractivity contribution in [1.82, 2.24) is 4.90 Å². The lowest BCUT2D eigenvalue weighted by Gasteiger charge is -2.32. The van der Waals surface area contributed by atoms with Gasteiger partial charge in [0.2, 0.25) is 0 Å². The zero-order valence-corrected chi connectivity index (χ0v) is 12.7. The summed E-state index contributed by atoms with van der Waals surface area (Å²) in [5, 5.41) is 0. The minimum atomic E-state index is -2.93. The van der Waals surface area contributed by atoms with Gasteiger partial charge < -0.3 is 10.6 Å². The number of rotatable bonds is 7. The van der Waals surface area contributed by atoms with Crippen LogP contribution >= 0.6 is 0 Å². The van der Waals surface area contributed by atoms with Gasteiger partial charge in [-0.15, -0.1) is 0 Å². The molecular formula is C14H24N2O2S. The van der Waals surface area contributed by atoms with Crippen LogP contribution in [-0.4, -0.2) is 51.5 Å². The standard InChI is InChI=1S/C14H24N2O2S/c1-12(13-7-5-4-6-8-13)14(11-15)16(2)9-10-19(3,17)18/h4-8,12,14H,9-11,15H2,1-3H3. The largest absolute Gasteiger partial charge is 0.329 e. The van der Waals surface area contributed by atoms with Crippen LogP contribution < -0.4 is 5.73 Å². The summed E-state index contributed by atoms with van der Waals surface area (Å²) in [6.45, 7) is 3.15. The first kappa shape index (κ1) is 16.1. The Morgan fingerprint density at radius 2 is 1.84 bits per heavy atom. The molecule has 5 heteroatoms. The molecule has 0 aliphatic rings. The van der Waals surface area contributed by atoms with Gasteiger partial charge in [0.05, 0.1) is 5.75 Å². The Kier molecular flexibility index (Phi) is 5.97. The van der Waals surface area contributed by atoms with E-state index in [9.17, 15) is 8.42 Å². The van der Waals surface area contributed by atoms with E-state index in [1.54, 1.807) is 0 Å². The lowest BCUT2D eigenvalue weighted by molar-refractivity contribution is 0.232. The molecule has 0 radical (unpaired) electrons. The second-order valence-electron chi connectivity index (χ2n) is 5.11. The maximum atomic E-state index is 11.2. The maximum Gasteiger partial charge on any atom is 0.148 e. The van der Waals surface area contributed by atoms with E-state index >= 15 is 0 Å². The fraction of sp³-hybridized carbons (Fsp3) is 0.571. The molecule has 0 amide bonds. The van der Waals surface area contributed by atoms with Crippen LogP contribution in [0.1, 0.15) is 18.4 Å². The molecule has 0 aromatic heterocycles. The molecule has 0 saturated heterocycles. The van der Waals surface area contributed by atoms with Crippen molar-refractivity contribution in [3.63, 3.8) is 0 Å². The third-order valence-electron chi connectivity index (χ3n) is 3.52. The van der Waals surface area contributed by atoms with Crippen LogP contribution in [0.25, 0.3) is 0 Å². The minimum Gasteiger partial charge on any atom is -0.329 e. The van der Waals surface area contributed by atoms with Crippen molar-refractivity contribution in [2.24, 2.45) is 5.73 Å². The maximum absolute atomic E-state index is 11.2. The number of sulfone groups is 1. The van der Waals surface area contributed by atoms with Crippen molar-refractivity contribution < 1.29 is 8.42 Å². The highest BCUT2D eigenvalue weighted by molar-refractivity contribution is 7.90. The van der Waals surface area contributed by atoms with Crippen LogP contribution in [0.5, 0.6) is 0 Å². The second kappa shape index (κ2) is 7.03. The first-order chi connectivity index (χ1) is 8.85. The average Bonchev–Trinajstić information content (AvgIpc) is 2.37. The van der Waals surface area contributed by atoms with Crippen LogP contribution in [0, 0.1) is 0 Å². The van der Waals surface area contributed by atoms with Crippen molar-refractivity contribution in [2.75, 3.05) is 32.1 Å². The van der Waals surface area contributed by atoms with Crippen molar-refractivity contribution >= 4 is 9.84 Å². The summed E-state index contributed by atoms with van der Waals surface area (Å²) in [6, 6.07) is 10.3. The van der Waals surface area contributed by atoms with E-state index in [4.69, 9.17) is 5.73 Å². The summed E-state index contributed by atoms with van der Waals surface area (Å²) >= 11 is 0. The van der Waals surface area contributed by atoms with Gasteiger partial charge in [0, 0.05) is 25.4 Å². The third-order valence-corrected chi connectivity index (χ3v) is 4.45. The van der Waals surface area contributed by atoms with Gasteiger partial charge in [-0.05, 0) is 18.5 Å². The van der Waals surface area contributed by atoms with E-state index in [0.717, 1.165) is 0 Å². The Morgan fingerprint density at radius 1 is 1.26 bits per heavy atom.